The molecule has 0 atom stereocenters. The molecule has 0 saturated carbocycles. The molecule has 5 aromatic rings. The fourth-order valence-corrected chi connectivity index (χ4v) is 4.55. The van der Waals surface area contributed by atoms with E-state index in [-0.39, 0.29) is 21.8 Å². The van der Waals surface area contributed by atoms with Crippen LogP contribution in [0.25, 0.3) is 16.3 Å². The van der Waals surface area contributed by atoms with Gasteiger partial charge >= 0.3 is 0 Å². The number of aromatic hydroxyl groups is 1. The minimum Gasteiger partial charge on any atom is -0.506 e. The number of aromatic nitrogens is 5. The zero-order valence-corrected chi connectivity index (χ0v) is 20.9. The third-order valence-electron chi connectivity index (χ3n) is 5.13. The summed E-state index contributed by atoms with van der Waals surface area (Å²) in [6.07, 6.45) is 3.29. The third kappa shape index (κ3) is 5.43. The van der Waals surface area contributed by atoms with Crippen LogP contribution in [0.4, 0.5) is 10.8 Å². The Balaban J connectivity index is 1.22. The van der Waals surface area contributed by atoms with Crippen LogP contribution in [0.5, 0.6) is 5.75 Å². The van der Waals surface area contributed by atoms with Gasteiger partial charge in [-0.05, 0) is 60.7 Å². The van der Waals surface area contributed by atoms with E-state index in [1.165, 1.54) is 24.3 Å². The van der Waals surface area contributed by atoms with Gasteiger partial charge in [0.05, 0.1) is 28.7 Å². The van der Waals surface area contributed by atoms with Gasteiger partial charge in [0.1, 0.15) is 5.75 Å². The Morgan fingerprint density at radius 2 is 1.57 bits per heavy atom. The zero-order chi connectivity index (χ0) is 25.9. The van der Waals surface area contributed by atoms with Crippen LogP contribution >= 0.6 is 34.5 Å². The highest BCUT2D eigenvalue weighted by Gasteiger charge is 2.17. The molecular weight excluding hydrogens is 537 g/mol. The Morgan fingerprint density at radius 1 is 0.892 bits per heavy atom. The van der Waals surface area contributed by atoms with Crippen LogP contribution in [-0.2, 0) is 0 Å². The number of nitrogens with one attached hydrogen (secondary N) is 2. The van der Waals surface area contributed by atoms with Gasteiger partial charge < -0.3 is 10.4 Å². The van der Waals surface area contributed by atoms with Crippen molar-refractivity contribution < 1.29 is 14.7 Å². The number of phenols is 1. The molecule has 0 unspecified atom stereocenters. The molecule has 3 N–H and O–H groups in total. The quantitative estimate of drug-likeness (QED) is 0.260. The molecule has 2 heterocycles. The lowest BCUT2D eigenvalue weighted by Gasteiger charge is -2.07. The van der Waals surface area contributed by atoms with Crippen molar-refractivity contribution in [2.45, 2.75) is 0 Å². The summed E-state index contributed by atoms with van der Waals surface area (Å²) in [5.41, 5.74) is 2.41. The molecule has 2 amide bonds. The molecule has 3 aromatic carbocycles. The van der Waals surface area contributed by atoms with Crippen molar-refractivity contribution in [3.8, 4) is 22.0 Å². The smallest absolute Gasteiger partial charge is 0.257 e. The highest BCUT2D eigenvalue weighted by atomic mass is 35.5. The van der Waals surface area contributed by atoms with Gasteiger partial charge in [0.2, 0.25) is 5.13 Å². The van der Waals surface area contributed by atoms with Crippen LogP contribution in [0.3, 0.4) is 0 Å². The summed E-state index contributed by atoms with van der Waals surface area (Å²) in [4.78, 5) is 25.3. The van der Waals surface area contributed by atoms with E-state index in [1.54, 1.807) is 53.5 Å². The number of halogens is 2. The molecule has 0 aliphatic carbocycles. The molecule has 0 saturated heterocycles. The minimum absolute atomic E-state index is 0.0798. The first-order valence-corrected chi connectivity index (χ1v) is 12.2. The molecule has 0 fully saturated rings. The Labute approximate surface area is 223 Å². The number of phenolic OH excluding ortho intramolecular Hbond substituents is 1. The van der Waals surface area contributed by atoms with Gasteiger partial charge in [0.25, 0.3) is 11.8 Å². The molecular formula is C24H15Cl2N7O3S. The highest BCUT2D eigenvalue weighted by molar-refractivity contribution is 7.18. The minimum atomic E-state index is -0.438. The molecule has 0 aliphatic heterocycles. The first-order valence-electron chi connectivity index (χ1n) is 10.6. The van der Waals surface area contributed by atoms with Crippen molar-refractivity contribution in [3.05, 3.63) is 94.2 Å². The van der Waals surface area contributed by atoms with Gasteiger partial charge in [0, 0.05) is 21.8 Å². The number of nitrogens with zero attached hydrogens (tertiary/aromatic N) is 5. The Hall–Kier alpha value is -4.32. The summed E-state index contributed by atoms with van der Waals surface area (Å²) in [7, 11) is 0. The number of hydrogen-bond donors (Lipinski definition) is 3. The second-order valence-corrected chi connectivity index (χ2v) is 9.40. The van der Waals surface area contributed by atoms with Crippen molar-refractivity contribution >= 4 is 57.2 Å². The first-order chi connectivity index (χ1) is 17.9. The summed E-state index contributed by atoms with van der Waals surface area (Å²) in [6, 6.07) is 16.2. The van der Waals surface area contributed by atoms with Gasteiger partial charge in [-0.1, -0.05) is 39.8 Å². The number of anilines is 2. The number of hydrogen-bond acceptors (Lipinski definition) is 8. The van der Waals surface area contributed by atoms with Crippen molar-refractivity contribution in [1.29, 1.82) is 0 Å². The lowest BCUT2D eigenvalue weighted by atomic mass is 10.1. The average molecular weight is 552 g/mol. The number of rotatable bonds is 6. The van der Waals surface area contributed by atoms with Crippen LogP contribution in [0.2, 0.25) is 10.0 Å². The van der Waals surface area contributed by atoms with Crippen molar-refractivity contribution in [2.75, 3.05) is 10.6 Å². The van der Waals surface area contributed by atoms with Crippen molar-refractivity contribution in [2.24, 2.45) is 0 Å². The molecule has 0 spiro atoms. The molecule has 0 radical (unpaired) electrons. The highest BCUT2D eigenvalue weighted by Crippen LogP contribution is 2.39. The summed E-state index contributed by atoms with van der Waals surface area (Å²) >= 11 is 13.0. The van der Waals surface area contributed by atoms with Crippen LogP contribution in [0.1, 0.15) is 20.7 Å². The second-order valence-electron chi connectivity index (χ2n) is 7.58. The largest absolute Gasteiger partial charge is 0.506 e. The van der Waals surface area contributed by atoms with Crippen molar-refractivity contribution in [1.82, 2.24) is 25.2 Å². The van der Waals surface area contributed by atoms with E-state index in [4.69, 9.17) is 23.2 Å². The van der Waals surface area contributed by atoms with E-state index in [2.05, 4.69) is 31.1 Å². The molecule has 0 aliphatic rings. The van der Waals surface area contributed by atoms with Crippen molar-refractivity contribution in [3.63, 3.8) is 0 Å². The summed E-state index contributed by atoms with van der Waals surface area (Å²) in [6.45, 7) is 0. The average Bonchev–Trinajstić information content (AvgIpc) is 3.59. The molecule has 37 heavy (non-hydrogen) atoms. The van der Waals surface area contributed by atoms with Crippen LogP contribution in [0.15, 0.2) is 73.1 Å². The zero-order valence-electron chi connectivity index (χ0n) is 18.6. The Bertz CT molecular complexity index is 1590. The fraction of sp³-hybridized carbons (Fsp3) is 0. The standard InChI is InChI=1S/C24H15Cl2N7O3S/c25-15-11-18(20(34)19(26)12-15)23-30-31-24(37-23)29-22(36)14-3-1-13(2-4-14)21(35)28-16-5-7-17(8-6-16)33-10-9-27-32-33/h1-12,34H,(H,28,35)(H,29,31,36). The number of benzene rings is 3. The Morgan fingerprint density at radius 3 is 2.22 bits per heavy atom. The summed E-state index contributed by atoms with van der Waals surface area (Å²) < 4.78 is 1.61. The molecule has 5 rings (SSSR count). The fourth-order valence-electron chi connectivity index (χ4n) is 3.30. The normalized spacial score (nSPS) is 10.8. The van der Waals surface area contributed by atoms with Crippen LogP contribution < -0.4 is 10.6 Å². The van der Waals surface area contributed by atoms with Gasteiger partial charge in [0.15, 0.2) is 5.01 Å². The van der Waals surface area contributed by atoms with Gasteiger partial charge in [-0.25, -0.2) is 4.68 Å². The predicted octanol–water partition coefficient (Wildman–Crippen LogP) is 5.30. The molecule has 2 aromatic heterocycles. The van der Waals surface area contributed by atoms with E-state index in [0.717, 1.165) is 17.0 Å². The van der Waals surface area contributed by atoms with Crippen LogP contribution in [0, 0.1) is 0 Å². The first kappa shape index (κ1) is 24.4. The van der Waals surface area contributed by atoms with E-state index in [0.29, 0.717) is 32.4 Å². The summed E-state index contributed by atoms with van der Waals surface area (Å²) in [5, 5.41) is 32.2. The maximum atomic E-state index is 12.7. The topological polar surface area (TPSA) is 135 Å². The maximum Gasteiger partial charge on any atom is 0.257 e. The molecule has 10 nitrogen and oxygen atoms in total. The van der Waals surface area contributed by atoms with Gasteiger partial charge in [-0.2, -0.15) is 0 Å². The molecule has 184 valence electrons. The number of carbonyl (C=O) groups excluding carboxylic acids is 2. The molecule has 13 heteroatoms. The monoisotopic (exact) mass is 551 g/mol. The lowest BCUT2D eigenvalue weighted by Crippen LogP contribution is -2.14. The lowest BCUT2D eigenvalue weighted by molar-refractivity contribution is 0.101. The van der Waals surface area contributed by atoms with E-state index >= 15 is 0 Å². The van der Waals surface area contributed by atoms with E-state index in [9.17, 15) is 14.7 Å². The summed E-state index contributed by atoms with van der Waals surface area (Å²) in [5.74, 6) is -0.943. The molecule has 0 bridgehead atoms. The van der Waals surface area contributed by atoms with E-state index in [1.807, 2.05) is 0 Å². The number of carbonyl (C=O) groups is 2. The maximum absolute atomic E-state index is 12.7. The Kier molecular flexibility index (Phi) is 6.82. The van der Waals surface area contributed by atoms with Gasteiger partial charge in [-0.3, -0.25) is 14.9 Å². The second kappa shape index (κ2) is 10.3. The van der Waals surface area contributed by atoms with Gasteiger partial charge in [-0.15, -0.1) is 15.3 Å². The van der Waals surface area contributed by atoms with E-state index < -0.39 is 5.91 Å². The van der Waals surface area contributed by atoms with Crippen LogP contribution in [-0.4, -0.2) is 42.1 Å². The third-order valence-corrected chi connectivity index (χ3v) is 6.50. The SMILES string of the molecule is O=C(Nc1ccc(-n2ccnn2)cc1)c1ccc(C(=O)Nc2nnc(-c3cc(Cl)cc(Cl)c3O)s2)cc1. The number of amides is 2. The predicted molar refractivity (Wildman–Crippen MR) is 141 cm³/mol.